The van der Waals surface area contributed by atoms with Gasteiger partial charge in [-0.25, -0.2) is 0 Å². The predicted octanol–water partition coefficient (Wildman–Crippen LogP) is 4.09. The maximum atomic E-state index is 6.04. The number of rotatable bonds is 5. The molecular weight excluding hydrogens is 246 g/mol. The summed E-state index contributed by atoms with van der Waals surface area (Å²) >= 11 is 5.19. The summed E-state index contributed by atoms with van der Waals surface area (Å²) in [6.45, 7) is 2.22. The molecule has 1 unspecified atom stereocenters. The van der Waals surface area contributed by atoms with Gasteiger partial charge in [0, 0.05) is 10.9 Å². The molecule has 0 aliphatic heterocycles. The van der Waals surface area contributed by atoms with Gasteiger partial charge < -0.3 is 5.73 Å². The molecule has 0 bridgehead atoms. The van der Waals surface area contributed by atoms with Crippen LogP contribution >= 0.6 is 27.3 Å². The SMILES string of the molecule is CCCCCC(N)c1ccc(Br)s1. The fourth-order valence-electron chi connectivity index (χ4n) is 1.28. The van der Waals surface area contributed by atoms with Crippen molar-refractivity contribution < 1.29 is 0 Å². The van der Waals surface area contributed by atoms with Crippen molar-refractivity contribution in [1.82, 2.24) is 0 Å². The first-order valence-electron chi connectivity index (χ1n) is 4.75. The number of nitrogens with two attached hydrogens (primary N) is 1. The highest BCUT2D eigenvalue weighted by atomic mass is 79.9. The van der Waals surface area contributed by atoms with E-state index in [1.165, 1.54) is 27.9 Å². The second-order valence-electron chi connectivity index (χ2n) is 3.24. The maximum Gasteiger partial charge on any atom is 0.0701 e. The highest BCUT2D eigenvalue weighted by Gasteiger charge is 2.07. The molecule has 1 heterocycles. The van der Waals surface area contributed by atoms with E-state index >= 15 is 0 Å². The molecule has 0 aliphatic carbocycles. The number of hydrogen-bond acceptors (Lipinski definition) is 2. The third-order valence-electron chi connectivity index (χ3n) is 2.08. The van der Waals surface area contributed by atoms with Crippen LogP contribution in [-0.4, -0.2) is 0 Å². The summed E-state index contributed by atoms with van der Waals surface area (Å²) in [6, 6.07) is 4.42. The molecule has 13 heavy (non-hydrogen) atoms. The van der Waals surface area contributed by atoms with Crippen LogP contribution < -0.4 is 5.73 Å². The minimum absolute atomic E-state index is 0.239. The fraction of sp³-hybridized carbons (Fsp3) is 0.600. The Kier molecular flexibility index (Phi) is 4.99. The molecule has 0 radical (unpaired) electrons. The zero-order chi connectivity index (χ0) is 9.68. The van der Waals surface area contributed by atoms with Crippen molar-refractivity contribution in [2.24, 2.45) is 5.73 Å². The average Bonchev–Trinajstić information content (AvgIpc) is 2.52. The second kappa shape index (κ2) is 5.78. The summed E-state index contributed by atoms with van der Waals surface area (Å²) in [5, 5.41) is 0. The lowest BCUT2D eigenvalue weighted by Crippen LogP contribution is -2.07. The fourth-order valence-corrected chi connectivity index (χ4v) is 2.74. The van der Waals surface area contributed by atoms with Crippen molar-refractivity contribution in [1.29, 1.82) is 0 Å². The molecule has 0 fully saturated rings. The van der Waals surface area contributed by atoms with Crippen LogP contribution in [0.2, 0.25) is 0 Å². The Hall–Kier alpha value is 0.140. The molecule has 1 rings (SSSR count). The van der Waals surface area contributed by atoms with Crippen molar-refractivity contribution in [3.63, 3.8) is 0 Å². The van der Waals surface area contributed by atoms with Crippen molar-refractivity contribution in [2.45, 2.75) is 38.6 Å². The van der Waals surface area contributed by atoms with E-state index in [0.717, 1.165) is 6.42 Å². The summed E-state index contributed by atoms with van der Waals surface area (Å²) in [7, 11) is 0. The van der Waals surface area contributed by atoms with Gasteiger partial charge in [-0.1, -0.05) is 26.2 Å². The summed E-state index contributed by atoms with van der Waals surface area (Å²) in [5.74, 6) is 0. The molecular formula is C10H16BrNS. The Bertz CT molecular complexity index is 247. The third-order valence-corrected chi connectivity index (χ3v) is 3.83. The molecule has 0 saturated carbocycles. The van der Waals surface area contributed by atoms with Gasteiger partial charge in [0.2, 0.25) is 0 Å². The van der Waals surface area contributed by atoms with Gasteiger partial charge in [0.05, 0.1) is 3.79 Å². The van der Waals surface area contributed by atoms with Crippen molar-refractivity contribution in [2.75, 3.05) is 0 Å². The first-order chi connectivity index (χ1) is 6.24. The van der Waals surface area contributed by atoms with Crippen LogP contribution in [0.3, 0.4) is 0 Å². The van der Waals surface area contributed by atoms with E-state index in [1.807, 2.05) is 0 Å². The molecule has 3 heteroatoms. The van der Waals surface area contributed by atoms with Crippen molar-refractivity contribution in [3.05, 3.63) is 20.8 Å². The standard InChI is InChI=1S/C10H16BrNS/c1-2-3-4-5-8(12)9-6-7-10(11)13-9/h6-8H,2-5,12H2,1H3. The Morgan fingerprint density at radius 2 is 2.23 bits per heavy atom. The van der Waals surface area contributed by atoms with Gasteiger partial charge in [-0.2, -0.15) is 0 Å². The topological polar surface area (TPSA) is 26.0 Å². The molecule has 0 amide bonds. The predicted molar refractivity (Wildman–Crippen MR) is 63.1 cm³/mol. The lowest BCUT2D eigenvalue weighted by Gasteiger charge is -2.07. The molecule has 1 nitrogen and oxygen atoms in total. The molecule has 0 aliphatic rings. The highest BCUT2D eigenvalue weighted by Crippen LogP contribution is 2.28. The van der Waals surface area contributed by atoms with Gasteiger partial charge in [-0.15, -0.1) is 11.3 Å². The second-order valence-corrected chi connectivity index (χ2v) is 5.74. The number of thiophene rings is 1. The van der Waals surface area contributed by atoms with Gasteiger partial charge >= 0.3 is 0 Å². The van der Waals surface area contributed by atoms with Gasteiger partial charge in [0.1, 0.15) is 0 Å². The van der Waals surface area contributed by atoms with Crippen LogP contribution in [0.25, 0.3) is 0 Å². The van der Waals surface area contributed by atoms with Crippen LogP contribution in [0.1, 0.15) is 43.5 Å². The number of hydrogen-bond donors (Lipinski definition) is 1. The van der Waals surface area contributed by atoms with Gasteiger partial charge in [-0.3, -0.25) is 0 Å². The quantitative estimate of drug-likeness (QED) is 0.794. The smallest absolute Gasteiger partial charge is 0.0701 e. The normalized spacial score (nSPS) is 13.2. The van der Waals surface area contributed by atoms with E-state index in [9.17, 15) is 0 Å². The first kappa shape index (κ1) is 11.2. The Labute approximate surface area is 92.5 Å². The molecule has 1 aromatic rings. The van der Waals surface area contributed by atoms with Crippen molar-refractivity contribution >= 4 is 27.3 Å². The van der Waals surface area contributed by atoms with E-state index in [4.69, 9.17) is 5.73 Å². The van der Waals surface area contributed by atoms with E-state index in [0.29, 0.717) is 0 Å². The van der Waals surface area contributed by atoms with Gasteiger partial charge in [0.25, 0.3) is 0 Å². The Balaban J connectivity index is 2.35. The molecule has 0 saturated heterocycles. The highest BCUT2D eigenvalue weighted by molar-refractivity contribution is 9.11. The minimum atomic E-state index is 0.239. The molecule has 1 aromatic heterocycles. The molecule has 2 N–H and O–H groups in total. The summed E-state index contributed by atoms with van der Waals surface area (Å²) in [6.07, 6.45) is 4.91. The molecule has 0 aromatic carbocycles. The number of unbranched alkanes of at least 4 members (excludes halogenated alkanes) is 2. The Morgan fingerprint density at radius 3 is 2.77 bits per heavy atom. The van der Waals surface area contributed by atoms with E-state index in [2.05, 4.69) is 35.0 Å². The summed E-state index contributed by atoms with van der Waals surface area (Å²) in [5.41, 5.74) is 6.04. The van der Waals surface area contributed by atoms with Crippen molar-refractivity contribution in [3.8, 4) is 0 Å². The number of halogens is 1. The van der Waals surface area contributed by atoms with Crippen LogP contribution in [0.4, 0.5) is 0 Å². The Morgan fingerprint density at radius 1 is 1.46 bits per heavy atom. The van der Waals surface area contributed by atoms with Crippen LogP contribution in [0, 0.1) is 0 Å². The van der Waals surface area contributed by atoms with Crippen LogP contribution in [0.15, 0.2) is 15.9 Å². The largest absolute Gasteiger partial charge is 0.323 e. The van der Waals surface area contributed by atoms with Gasteiger partial charge in [0.15, 0.2) is 0 Å². The average molecular weight is 262 g/mol. The van der Waals surface area contributed by atoms with E-state index in [1.54, 1.807) is 11.3 Å². The van der Waals surface area contributed by atoms with E-state index < -0.39 is 0 Å². The van der Waals surface area contributed by atoms with Gasteiger partial charge in [-0.05, 0) is 34.5 Å². The lowest BCUT2D eigenvalue weighted by molar-refractivity contribution is 0.587. The van der Waals surface area contributed by atoms with Crippen LogP contribution in [-0.2, 0) is 0 Å². The monoisotopic (exact) mass is 261 g/mol. The van der Waals surface area contributed by atoms with Crippen LogP contribution in [0.5, 0.6) is 0 Å². The molecule has 1 atom stereocenters. The third kappa shape index (κ3) is 3.79. The summed E-state index contributed by atoms with van der Waals surface area (Å²) in [4.78, 5) is 1.29. The zero-order valence-corrected chi connectivity index (χ0v) is 10.3. The summed E-state index contributed by atoms with van der Waals surface area (Å²) < 4.78 is 1.17. The maximum absolute atomic E-state index is 6.04. The first-order valence-corrected chi connectivity index (χ1v) is 6.35. The lowest BCUT2D eigenvalue weighted by atomic mass is 10.1. The van der Waals surface area contributed by atoms with E-state index in [-0.39, 0.29) is 6.04 Å². The molecule has 74 valence electrons. The minimum Gasteiger partial charge on any atom is -0.323 e. The molecule has 0 spiro atoms. The zero-order valence-electron chi connectivity index (χ0n) is 7.92.